The zero-order chi connectivity index (χ0) is 18.6. The van der Waals surface area contributed by atoms with Crippen molar-refractivity contribution < 1.29 is 23.9 Å². The fourth-order valence-corrected chi connectivity index (χ4v) is 2.41. The average molecular weight is 412 g/mol. The molecule has 0 unspecified atom stereocenters. The van der Waals surface area contributed by atoms with Gasteiger partial charge >= 0.3 is 11.7 Å². The van der Waals surface area contributed by atoms with Crippen molar-refractivity contribution in [1.29, 1.82) is 0 Å². The van der Waals surface area contributed by atoms with E-state index in [9.17, 15) is 14.9 Å². The van der Waals surface area contributed by atoms with Gasteiger partial charge in [0, 0.05) is 34.6 Å². The standard InChI is InChI=1S/C15H14BrN3O6/c1-23-11-5-9(6-12(24-2)13(11)15(20)25-3)18-14-10(19(21)22)4-8(16)7-17-14/h4-7H,1-3H3,(H,17,18). The minimum atomic E-state index is -0.631. The third-order valence-corrected chi connectivity index (χ3v) is 3.62. The molecule has 0 saturated carbocycles. The molecule has 1 aromatic heterocycles. The van der Waals surface area contributed by atoms with Gasteiger partial charge in [-0.25, -0.2) is 9.78 Å². The van der Waals surface area contributed by atoms with Crippen molar-refractivity contribution in [2.45, 2.75) is 0 Å². The largest absolute Gasteiger partial charge is 0.496 e. The lowest BCUT2D eigenvalue weighted by molar-refractivity contribution is -0.384. The Morgan fingerprint density at radius 3 is 2.28 bits per heavy atom. The van der Waals surface area contributed by atoms with Gasteiger partial charge in [-0.15, -0.1) is 0 Å². The summed E-state index contributed by atoms with van der Waals surface area (Å²) < 4.78 is 15.6. The average Bonchev–Trinajstić information content (AvgIpc) is 2.61. The highest BCUT2D eigenvalue weighted by atomic mass is 79.9. The Kier molecular flexibility index (Phi) is 5.75. The lowest BCUT2D eigenvalue weighted by Gasteiger charge is -2.14. The highest BCUT2D eigenvalue weighted by molar-refractivity contribution is 9.10. The van der Waals surface area contributed by atoms with Gasteiger partial charge in [-0.3, -0.25) is 10.1 Å². The lowest BCUT2D eigenvalue weighted by atomic mass is 10.1. The Labute approximate surface area is 151 Å². The molecule has 2 aromatic rings. The number of nitrogens with one attached hydrogen (secondary N) is 1. The quantitative estimate of drug-likeness (QED) is 0.437. The Morgan fingerprint density at radius 1 is 1.20 bits per heavy atom. The maximum atomic E-state index is 11.9. The van der Waals surface area contributed by atoms with Gasteiger partial charge in [0.15, 0.2) is 0 Å². The van der Waals surface area contributed by atoms with Gasteiger partial charge in [-0.2, -0.15) is 0 Å². The van der Waals surface area contributed by atoms with E-state index in [-0.39, 0.29) is 28.6 Å². The Bertz CT molecular complexity index is 802. The van der Waals surface area contributed by atoms with Crippen LogP contribution in [0.3, 0.4) is 0 Å². The van der Waals surface area contributed by atoms with Crippen molar-refractivity contribution in [3.8, 4) is 11.5 Å². The zero-order valence-corrected chi connectivity index (χ0v) is 15.1. The molecule has 0 aliphatic heterocycles. The van der Waals surface area contributed by atoms with Gasteiger partial charge in [0.25, 0.3) is 0 Å². The SMILES string of the molecule is COC(=O)c1c(OC)cc(Nc2ncc(Br)cc2[N+](=O)[O-])cc1OC. The molecule has 0 amide bonds. The lowest BCUT2D eigenvalue weighted by Crippen LogP contribution is -2.08. The molecule has 0 atom stereocenters. The molecule has 1 N–H and O–H groups in total. The van der Waals surface area contributed by atoms with E-state index < -0.39 is 10.9 Å². The zero-order valence-electron chi connectivity index (χ0n) is 13.5. The summed E-state index contributed by atoms with van der Waals surface area (Å²) in [6.45, 7) is 0. The number of rotatable bonds is 6. The molecule has 0 radical (unpaired) electrons. The maximum absolute atomic E-state index is 11.9. The summed E-state index contributed by atoms with van der Waals surface area (Å²) in [5.74, 6) is -0.224. The Hall–Kier alpha value is -2.88. The van der Waals surface area contributed by atoms with Crippen molar-refractivity contribution in [2.24, 2.45) is 0 Å². The first kappa shape index (κ1) is 18.5. The van der Waals surface area contributed by atoms with Gasteiger partial charge in [-0.1, -0.05) is 0 Å². The number of carbonyl (C=O) groups excluding carboxylic acids is 1. The first-order valence-corrected chi connectivity index (χ1v) is 7.61. The molecule has 0 fully saturated rings. The summed E-state index contributed by atoms with van der Waals surface area (Å²) >= 11 is 3.14. The van der Waals surface area contributed by atoms with E-state index in [4.69, 9.17) is 14.2 Å². The van der Waals surface area contributed by atoms with Crippen LogP contribution in [0, 0.1) is 10.1 Å². The van der Waals surface area contributed by atoms with Crippen molar-refractivity contribution in [3.63, 3.8) is 0 Å². The number of pyridine rings is 1. The fraction of sp³-hybridized carbons (Fsp3) is 0.200. The van der Waals surface area contributed by atoms with Crippen LogP contribution in [0.2, 0.25) is 0 Å². The van der Waals surface area contributed by atoms with E-state index in [1.807, 2.05) is 0 Å². The predicted octanol–water partition coefficient (Wildman–Crippen LogP) is 3.30. The van der Waals surface area contributed by atoms with E-state index in [1.54, 1.807) is 0 Å². The summed E-state index contributed by atoms with van der Waals surface area (Å²) in [4.78, 5) is 26.5. The molecule has 0 saturated heterocycles. The molecule has 0 aliphatic carbocycles. The van der Waals surface area contributed by atoms with E-state index in [2.05, 4.69) is 26.2 Å². The van der Waals surface area contributed by atoms with Crippen molar-refractivity contribution in [3.05, 3.63) is 44.5 Å². The molecule has 9 nitrogen and oxygen atoms in total. The first-order chi connectivity index (χ1) is 11.9. The van der Waals surface area contributed by atoms with Crippen LogP contribution in [0.5, 0.6) is 11.5 Å². The fourth-order valence-electron chi connectivity index (χ4n) is 2.09. The summed E-state index contributed by atoms with van der Waals surface area (Å²) in [5, 5.41) is 14.0. The number of halogens is 1. The third-order valence-electron chi connectivity index (χ3n) is 3.19. The number of hydrogen-bond acceptors (Lipinski definition) is 8. The summed E-state index contributed by atoms with van der Waals surface area (Å²) in [7, 11) is 4.00. The van der Waals surface area contributed by atoms with Crippen molar-refractivity contribution in [1.82, 2.24) is 4.98 Å². The second-order valence-corrected chi connectivity index (χ2v) is 5.57. The van der Waals surface area contributed by atoms with Crippen molar-refractivity contribution >= 4 is 39.1 Å². The molecule has 10 heteroatoms. The molecule has 0 bridgehead atoms. The molecule has 132 valence electrons. The molecule has 1 heterocycles. The topological polar surface area (TPSA) is 113 Å². The third kappa shape index (κ3) is 3.97. The number of anilines is 2. The molecular weight excluding hydrogens is 398 g/mol. The van der Waals surface area contributed by atoms with Crippen LogP contribution in [0.4, 0.5) is 17.2 Å². The Morgan fingerprint density at radius 2 is 1.80 bits per heavy atom. The predicted molar refractivity (Wildman–Crippen MR) is 92.8 cm³/mol. The number of carbonyl (C=O) groups is 1. The summed E-state index contributed by atoms with van der Waals surface area (Å²) in [5.41, 5.74) is 0.278. The van der Waals surface area contributed by atoms with Gasteiger partial charge < -0.3 is 19.5 Å². The molecule has 0 spiro atoms. The van der Waals surface area contributed by atoms with Crippen LogP contribution >= 0.6 is 15.9 Å². The second-order valence-electron chi connectivity index (χ2n) is 4.65. The van der Waals surface area contributed by atoms with E-state index in [1.165, 1.54) is 45.7 Å². The van der Waals surface area contributed by atoms with Crippen LogP contribution in [0.1, 0.15) is 10.4 Å². The summed E-state index contributed by atoms with van der Waals surface area (Å²) in [6.07, 6.45) is 1.42. The molecule has 25 heavy (non-hydrogen) atoms. The minimum absolute atomic E-state index is 0.0307. The van der Waals surface area contributed by atoms with E-state index >= 15 is 0 Å². The monoisotopic (exact) mass is 411 g/mol. The van der Waals surface area contributed by atoms with Gasteiger partial charge in [-0.05, 0) is 15.9 Å². The van der Waals surface area contributed by atoms with E-state index in [0.717, 1.165) is 0 Å². The number of hydrogen-bond donors (Lipinski definition) is 1. The number of nitrogens with zero attached hydrogens (tertiary/aromatic N) is 2. The summed E-state index contributed by atoms with van der Waals surface area (Å²) in [6, 6.07) is 4.30. The number of nitro groups is 1. The van der Waals surface area contributed by atoms with Gasteiger partial charge in [0.05, 0.1) is 26.3 Å². The highest BCUT2D eigenvalue weighted by Gasteiger charge is 2.22. The van der Waals surface area contributed by atoms with Gasteiger partial charge in [0.2, 0.25) is 5.82 Å². The van der Waals surface area contributed by atoms with Crippen LogP contribution in [-0.2, 0) is 4.74 Å². The molecule has 0 aliphatic rings. The van der Waals surface area contributed by atoms with Crippen LogP contribution in [0.15, 0.2) is 28.9 Å². The van der Waals surface area contributed by atoms with E-state index in [0.29, 0.717) is 10.2 Å². The first-order valence-electron chi connectivity index (χ1n) is 6.82. The van der Waals surface area contributed by atoms with Crippen LogP contribution < -0.4 is 14.8 Å². The molecule has 1 aromatic carbocycles. The second kappa shape index (κ2) is 7.79. The van der Waals surface area contributed by atoms with Crippen molar-refractivity contribution in [2.75, 3.05) is 26.6 Å². The van der Waals surface area contributed by atoms with Gasteiger partial charge in [0.1, 0.15) is 17.1 Å². The van der Waals surface area contributed by atoms with Crippen LogP contribution in [0.25, 0.3) is 0 Å². The number of methoxy groups -OCH3 is 3. The smallest absolute Gasteiger partial charge is 0.345 e. The number of benzene rings is 1. The highest BCUT2D eigenvalue weighted by Crippen LogP contribution is 2.36. The number of ether oxygens (including phenoxy) is 3. The minimum Gasteiger partial charge on any atom is -0.496 e. The molecular formula is C15H14BrN3O6. The van der Waals surface area contributed by atoms with Crippen LogP contribution in [-0.4, -0.2) is 37.2 Å². The molecule has 2 rings (SSSR count). The normalized spacial score (nSPS) is 10.1. The number of aromatic nitrogens is 1. The maximum Gasteiger partial charge on any atom is 0.345 e. The number of esters is 1. The Balaban J connectivity index is 2.51.